The Morgan fingerprint density at radius 2 is 1.83 bits per heavy atom. The molecule has 0 saturated heterocycles. The number of alkyl halides is 3. The van der Waals surface area contributed by atoms with Crippen molar-refractivity contribution in [3.63, 3.8) is 0 Å². The summed E-state index contributed by atoms with van der Waals surface area (Å²) in [5.74, 6) is -1.65. The number of carbonyl (C=O) groups excluding carboxylic acids is 1. The highest BCUT2D eigenvalue weighted by molar-refractivity contribution is 7.89. The van der Waals surface area contributed by atoms with Crippen LogP contribution in [0.3, 0.4) is 0 Å². The highest BCUT2D eigenvalue weighted by Crippen LogP contribution is 2.28. The maximum atomic E-state index is 13.0. The third-order valence-corrected chi connectivity index (χ3v) is 7.05. The summed E-state index contributed by atoms with van der Waals surface area (Å²) in [6, 6.07) is 4.48. The van der Waals surface area contributed by atoms with Gasteiger partial charge in [-0.05, 0) is 56.4 Å². The average Bonchev–Trinajstić information content (AvgIpc) is 3.26. The van der Waals surface area contributed by atoms with Crippen molar-refractivity contribution >= 4 is 16.0 Å². The van der Waals surface area contributed by atoms with Gasteiger partial charge in [0.2, 0.25) is 10.0 Å². The molecule has 0 unspecified atom stereocenters. The van der Waals surface area contributed by atoms with E-state index in [-0.39, 0.29) is 30.6 Å². The zero-order valence-electron chi connectivity index (χ0n) is 18.5. The van der Waals surface area contributed by atoms with Crippen LogP contribution in [0.4, 0.5) is 13.2 Å². The van der Waals surface area contributed by atoms with Crippen LogP contribution >= 0.6 is 0 Å². The van der Waals surface area contributed by atoms with Crippen LogP contribution in [-0.4, -0.2) is 52.6 Å². The molecule has 186 valence electrons. The molecule has 13 heteroatoms. The van der Waals surface area contributed by atoms with Crippen molar-refractivity contribution < 1.29 is 31.1 Å². The summed E-state index contributed by atoms with van der Waals surface area (Å²) in [6.45, 7) is 1.87. The molecule has 0 spiro atoms. The topological polar surface area (TPSA) is 127 Å². The van der Waals surface area contributed by atoms with E-state index in [1.165, 1.54) is 18.5 Å². The number of hydrogen-bond acceptors (Lipinski definition) is 7. The molecule has 1 fully saturated rings. The molecule has 3 aromatic rings. The standard InChI is InChI=1S/C22H22F3N5O4S/c1-13-10-28-20(29-13)19-9-14(6-7-27-19)15-8-18(12-26-11-15)35(32,33)30-16-2-4-17(5-3-16)34-21(31)22(23,24)25/h6-12,16-17,30H,2-5H2,1H3,(H,28,29). The van der Waals surface area contributed by atoms with Crippen molar-refractivity contribution in [2.45, 2.75) is 55.8 Å². The molecule has 4 rings (SSSR count). The number of esters is 1. The van der Waals surface area contributed by atoms with Crippen LogP contribution in [0.25, 0.3) is 22.6 Å². The number of halogens is 3. The molecule has 0 amide bonds. The summed E-state index contributed by atoms with van der Waals surface area (Å²) >= 11 is 0. The van der Waals surface area contributed by atoms with Crippen LogP contribution in [0, 0.1) is 6.92 Å². The minimum absolute atomic E-state index is 0.0483. The number of nitrogens with zero attached hydrogens (tertiary/aromatic N) is 3. The molecule has 0 aliphatic heterocycles. The SMILES string of the molecule is Cc1cnc(-c2cc(-c3cncc(S(=O)(=O)NC4CCC(OC(=O)C(F)(F)F)CC4)c3)ccn2)[nH]1. The molecule has 9 nitrogen and oxygen atoms in total. The number of sulfonamides is 1. The number of ether oxygens (including phenoxy) is 1. The van der Waals surface area contributed by atoms with Gasteiger partial charge >= 0.3 is 12.1 Å². The van der Waals surface area contributed by atoms with Crippen molar-refractivity contribution in [2.24, 2.45) is 0 Å². The summed E-state index contributed by atoms with van der Waals surface area (Å²) in [6.07, 6.45) is 0.794. The van der Waals surface area contributed by atoms with Crippen LogP contribution < -0.4 is 4.72 Å². The maximum absolute atomic E-state index is 13.0. The molecular weight excluding hydrogens is 487 g/mol. The Balaban J connectivity index is 1.44. The number of pyridine rings is 2. The van der Waals surface area contributed by atoms with E-state index in [1.807, 2.05) is 6.92 Å². The van der Waals surface area contributed by atoms with Crippen molar-refractivity contribution in [1.82, 2.24) is 24.7 Å². The number of carbonyl (C=O) groups is 1. The summed E-state index contributed by atoms with van der Waals surface area (Å²) in [4.78, 5) is 26.7. The van der Waals surface area contributed by atoms with E-state index < -0.39 is 34.3 Å². The molecule has 0 bridgehead atoms. The number of aryl methyl sites for hydroxylation is 1. The van der Waals surface area contributed by atoms with Crippen molar-refractivity contribution in [3.05, 3.63) is 48.7 Å². The molecule has 0 radical (unpaired) electrons. The van der Waals surface area contributed by atoms with E-state index in [0.717, 1.165) is 5.69 Å². The second kappa shape index (κ2) is 9.74. The second-order valence-electron chi connectivity index (χ2n) is 8.25. The molecule has 3 aromatic heterocycles. The Morgan fingerprint density at radius 1 is 1.09 bits per heavy atom. The lowest BCUT2D eigenvalue weighted by Gasteiger charge is -2.28. The van der Waals surface area contributed by atoms with Gasteiger partial charge in [0.25, 0.3) is 0 Å². The Kier molecular flexibility index (Phi) is 6.90. The van der Waals surface area contributed by atoms with E-state index in [4.69, 9.17) is 0 Å². The number of H-pyrrole nitrogens is 1. The van der Waals surface area contributed by atoms with Gasteiger partial charge in [0.1, 0.15) is 16.7 Å². The van der Waals surface area contributed by atoms with Gasteiger partial charge in [-0.15, -0.1) is 0 Å². The molecular formula is C22H22F3N5O4S. The molecule has 0 aromatic carbocycles. The third-order valence-electron chi connectivity index (χ3n) is 5.56. The van der Waals surface area contributed by atoms with Gasteiger partial charge in [-0.25, -0.2) is 22.9 Å². The molecule has 0 atom stereocenters. The summed E-state index contributed by atoms with van der Waals surface area (Å²) in [5.41, 5.74) is 2.72. The first-order valence-corrected chi connectivity index (χ1v) is 12.2. The average molecular weight is 510 g/mol. The summed E-state index contributed by atoms with van der Waals surface area (Å²) in [7, 11) is -3.95. The first-order valence-electron chi connectivity index (χ1n) is 10.7. The van der Waals surface area contributed by atoms with Gasteiger partial charge < -0.3 is 9.72 Å². The lowest BCUT2D eigenvalue weighted by molar-refractivity contribution is -0.206. The largest absolute Gasteiger partial charge is 0.490 e. The zero-order valence-corrected chi connectivity index (χ0v) is 19.4. The number of nitrogens with one attached hydrogen (secondary N) is 2. The smallest absolute Gasteiger partial charge is 0.456 e. The maximum Gasteiger partial charge on any atom is 0.490 e. The van der Waals surface area contributed by atoms with Crippen LogP contribution in [0.5, 0.6) is 0 Å². The Bertz CT molecular complexity index is 1320. The number of hydrogen-bond donors (Lipinski definition) is 2. The normalized spacial score (nSPS) is 18.9. The first-order chi connectivity index (χ1) is 16.5. The van der Waals surface area contributed by atoms with E-state index in [1.54, 1.807) is 24.5 Å². The highest BCUT2D eigenvalue weighted by Gasteiger charge is 2.42. The number of imidazole rings is 1. The van der Waals surface area contributed by atoms with E-state index in [2.05, 4.69) is 29.4 Å². The first kappa shape index (κ1) is 24.8. The summed E-state index contributed by atoms with van der Waals surface area (Å²) in [5, 5.41) is 0. The number of aromatic nitrogens is 4. The number of aromatic amines is 1. The minimum Gasteiger partial charge on any atom is -0.456 e. The van der Waals surface area contributed by atoms with Crippen LogP contribution in [-0.2, 0) is 19.6 Å². The minimum atomic E-state index is -5.05. The van der Waals surface area contributed by atoms with Crippen LogP contribution in [0.1, 0.15) is 31.4 Å². The van der Waals surface area contributed by atoms with Gasteiger partial charge in [0.05, 0.1) is 0 Å². The van der Waals surface area contributed by atoms with Crippen molar-refractivity contribution in [2.75, 3.05) is 0 Å². The fourth-order valence-corrected chi connectivity index (χ4v) is 5.10. The highest BCUT2D eigenvalue weighted by atomic mass is 32.2. The van der Waals surface area contributed by atoms with Gasteiger partial charge in [0, 0.05) is 42.1 Å². The Hall–Kier alpha value is -3.32. The van der Waals surface area contributed by atoms with Gasteiger partial charge in [-0.1, -0.05) is 0 Å². The monoisotopic (exact) mass is 509 g/mol. The molecule has 1 aliphatic rings. The van der Waals surface area contributed by atoms with E-state index in [9.17, 15) is 26.4 Å². The van der Waals surface area contributed by atoms with Crippen molar-refractivity contribution in [3.8, 4) is 22.6 Å². The number of rotatable bonds is 6. The summed E-state index contributed by atoms with van der Waals surface area (Å²) < 4.78 is 70.1. The quantitative estimate of drug-likeness (QED) is 0.487. The Labute approximate surface area is 199 Å². The predicted molar refractivity (Wildman–Crippen MR) is 118 cm³/mol. The lowest BCUT2D eigenvalue weighted by Crippen LogP contribution is -2.40. The van der Waals surface area contributed by atoms with Gasteiger partial charge in [0.15, 0.2) is 5.82 Å². The molecule has 35 heavy (non-hydrogen) atoms. The van der Waals surface area contributed by atoms with E-state index >= 15 is 0 Å². The van der Waals surface area contributed by atoms with Gasteiger partial charge in [-0.3, -0.25) is 9.97 Å². The fraction of sp³-hybridized carbons (Fsp3) is 0.364. The van der Waals surface area contributed by atoms with Crippen molar-refractivity contribution in [1.29, 1.82) is 0 Å². The molecule has 1 aliphatic carbocycles. The fourth-order valence-electron chi connectivity index (χ4n) is 3.81. The second-order valence-corrected chi connectivity index (χ2v) is 9.97. The van der Waals surface area contributed by atoms with E-state index in [0.29, 0.717) is 22.6 Å². The molecule has 3 heterocycles. The predicted octanol–water partition coefficient (Wildman–Crippen LogP) is 3.54. The molecule has 1 saturated carbocycles. The Morgan fingerprint density at radius 3 is 2.49 bits per heavy atom. The third kappa shape index (κ3) is 6.03. The van der Waals surface area contributed by atoms with Crippen LogP contribution in [0.2, 0.25) is 0 Å². The molecule has 2 N–H and O–H groups in total. The van der Waals surface area contributed by atoms with Gasteiger partial charge in [-0.2, -0.15) is 13.2 Å². The lowest BCUT2D eigenvalue weighted by atomic mass is 9.94. The zero-order chi connectivity index (χ0) is 25.2. The van der Waals surface area contributed by atoms with Crippen LogP contribution in [0.15, 0.2) is 47.9 Å².